The van der Waals surface area contributed by atoms with Crippen LogP contribution in [-0.2, 0) is 0 Å². The van der Waals surface area contributed by atoms with Crippen molar-refractivity contribution in [1.82, 2.24) is 10.6 Å². The van der Waals surface area contributed by atoms with Gasteiger partial charge in [0.25, 0.3) is 0 Å². The number of nitrogens with zero attached hydrogens (tertiary/aromatic N) is 1. The highest BCUT2D eigenvalue weighted by molar-refractivity contribution is 5.87. The fraction of sp³-hybridized carbons (Fsp3) is 0.769. The first-order valence-corrected chi connectivity index (χ1v) is 6.57. The van der Waals surface area contributed by atoms with Gasteiger partial charge in [-0.25, -0.2) is 0 Å². The molecule has 16 heavy (non-hydrogen) atoms. The van der Waals surface area contributed by atoms with Gasteiger partial charge in [-0.15, -0.1) is 0 Å². The molecule has 0 aromatic carbocycles. The van der Waals surface area contributed by atoms with E-state index in [0.717, 1.165) is 19.6 Å². The smallest absolute Gasteiger partial charge is 0.100 e. The monoisotopic (exact) mass is 219 g/mol. The van der Waals surface area contributed by atoms with Crippen LogP contribution in [0.1, 0.15) is 26.2 Å². The van der Waals surface area contributed by atoms with Crippen molar-refractivity contribution >= 4 is 5.84 Å². The summed E-state index contributed by atoms with van der Waals surface area (Å²) in [5.74, 6) is 2.70. The zero-order valence-electron chi connectivity index (χ0n) is 10.00. The molecule has 2 unspecified atom stereocenters. The largest absolute Gasteiger partial charge is 0.374 e. The molecule has 3 aliphatic heterocycles. The molecule has 0 aliphatic carbocycles. The molecule has 3 nitrogen and oxygen atoms in total. The minimum absolute atomic E-state index is 0.546. The van der Waals surface area contributed by atoms with Crippen molar-refractivity contribution in [2.45, 2.75) is 32.2 Å². The van der Waals surface area contributed by atoms with Gasteiger partial charge in [-0.3, -0.25) is 4.99 Å². The Morgan fingerprint density at radius 1 is 1.31 bits per heavy atom. The van der Waals surface area contributed by atoms with E-state index in [9.17, 15) is 0 Å². The number of rotatable bonds is 1. The molecule has 88 valence electrons. The van der Waals surface area contributed by atoms with Crippen LogP contribution in [0.5, 0.6) is 0 Å². The number of hydrogen-bond acceptors (Lipinski definition) is 3. The molecule has 0 aromatic heterocycles. The number of fused-ring (bicyclic) bond motifs is 1. The standard InChI is InChI=1S/C13H21N3/c1-9-7-10(4-6-14-9)12-8-16-13-11(12)3-2-5-15-13/h7,9,11-12,14H,2-6,8H2,1H3,(H,15,16)/t9-,11?,12?/m0/s1. The summed E-state index contributed by atoms with van der Waals surface area (Å²) in [6.45, 7) is 5.53. The van der Waals surface area contributed by atoms with E-state index >= 15 is 0 Å². The van der Waals surface area contributed by atoms with E-state index in [1.54, 1.807) is 5.57 Å². The van der Waals surface area contributed by atoms with Gasteiger partial charge in [0.15, 0.2) is 0 Å². The van der Waals surface area contributed by atoms with Gasteiger partial charge in [-0.05, 0) is 32.7 Å². The Morgan fingerprint density at radius 2 is 2.25 bits per heavy atom. The second-order valence-corrected chi connectivity index (χ2v) is 5.24. The second kappa shape index (κ2) is 4.21. The Hall–Kier alpha value is -0.830. The highest BCUT2D eigenvalue weighted by Gasteiger charge is 2.35. The third kappa shape index (κ3) is 1.77. The molecule has 0 bridgehead atoms. The summed E-state index contributed by atoms with van der Waals surface area (Å²) in [7, 11) is 0. The van der Waals surface area contributed by atoms with E-state index in [2.05, 4.69) is 28.6 Å². The second-order valence-electron chi connectivity index (χ2n) is 5.24. The van der Waals surface area contributed by atoms with Crippen LogP contribution in [0.25, 0.3) is 0 Å². The minimum Gasteiger partial charge on any atom is -0.374 e. The molecule has 2 N–H and O–H groups in total. The van der Waals surface area contributed by atoms with Crippen molar-refractivity contribution in [1.29, 1.82) is 0 Å². The van der Waals surface area contributed by atoms with Gasteiger partial charge in [0.05, 0.1) is 0 Å². The molecule has 3 aliphatic rings. The fourth-order valence-corrected chi connectivity index (χ4v) is 3.29. The summed E-state index contributed by atoms with van der Waals surface area (Å²) >= 11 is 0. The molecule has 0 saturated carbocycles. The van der Waals surface area contributed by atoms with Crippen molar-refractivity contribution in [2.75, 3.05) is 19.6 Å². The Morgan fingerprint density at radius 3 is 3.12 bits per heavy atom. The first kappa shape index (κ1) is 10.3. The fourth-order valence-electron chi connectivity index (χ4n) is 3.29. The van der Waals surface area contributed by atoms with Gasteiger partial charge < -0.3 is 10.6 Å². The van der Waals surface area contributed by atoms with Gasteiger partial charge in [-0.2, -0.15) is 0 Å². The average molecular weight is 219 g/mol. The van der Waals surface area contributed by atoms with Crippen molar-refractivity contribution in [3.8, 4) is 0 Å². The SMILES string of the molecule is C[C@H]1C=C(C2CN=C3NCCCC32)CCN1. The lowest BCUT2D eigenvalue weighted by atomic mass is 9.80. The highest BCUT2D eigenvalue weighted by atomic mass is 15.0. The molecule has 3 heteroatoms. The van der Waals surface area contributed by atoms with Gasteiger partial charge in [0.1, 0.15) is 5.84 Å². The Kier molecular flexibility index (Phi) is 2.72. The van der Waals surface area contributed by atoms with Crippen molar-refractivity contribution in [3.05, 3.63) is 11.6 Å². The molecule has 3 heterocycles. The molecule has 0 radical (unpaired) electrons. The maximum atomic E-state index is 4.68. The molecule has 3 atom stereocenters. The van der Waals surface area contributed by atoms with Gasteiger partial charge >= 0.3 is 0 Å². The molecular formula is C13H21N3. The molecule has 0 aromatic rings. The first-order valence-electron chi connectivity index (χ1n) is 6.57. The average Bonchev–Trinajstić information content (AvgIpc) is 2.72. The van der Waals surface area contributed by atoms with Crippen molar-refractivity contribution < 1.29 is 0 Å². The van der Waals surface area contributed by atoms with Gasteiger partial charge in [-0.1, -0.05) is 11.6 Å². The highest BCUT2D eigenvalue weighted by Crippen LogP contribution is 2.34. The predicted octanol–water partition coefficient (Wildman–Crippen LogP) is 1.32. The predicted molar refractivity (Wildman–Crippen MR) is 66.7 cm³/mol. The summed E-state index contributed by atoms with van der Waals surface area (Å²) < 4.78 is 0. The third-order valence-electron chi connectivity index (χ3n) is 4.11. The summed E-state index contributed by atoms with van der Waals surface area (Å²) in [5, 5.41) is 6.95. The van der Waals surface area contributed by atoms with Crippen LogP contribution < -0.4 is 10.6 Å². The topological polar surface area (TPSA) is 36.4 Å². The lowest BCUT2D eigenvalue weighted by molar-refractivity contribution is 0.422. The number of nitrogens with one attached hydrogen (secondary N) is 2. The van der Waals surface area contributed by atoms with Crippen molar-refractivity contribution in [2.24, 2.45) is 16.8 Å². The number of amidine groups is 1. The van der Waals surface area contributed by atoms with Crippen LogP contribution in [0.3, 0.4) is 0 Å². The van der Waals surface area contributed by atoms with Crippen LogP contribution in [0, 0.1) is 11.8 Å². The van der Waals surface area contributed by atoms with E-state index in [1.165, 1.54) is 25.1 Å². The first-order chi connectivity index (χ1) is 7.84. The summed E-state index contributed by atoms with van der Waals surface area (Å²) in [4.78, 5) is 4.68. The molecule has 0 spiro atoms. The number of aliphatic imine (C=N–C) groups is 1. The van der Waals surface area contributed by atoms with E-state index in [1.807, 2.05) is 0 Å². The van der Waals surface area contributed by atoms with E-state index in [-0.39, 0.29) is 0 Å². The van der Waals surface area contributed by atoms with Gasteiger partial charge in [0, 0.05) is 31.0 Å². The van der Waals surface area contributed by atoms with Crippen LogP contribution in [0.4, 0.5) is 0 Å². The Labute approximate surface area is 97.4 Å². The normalized spacial score (nSPS) is 38.4. The van der Waals surface area contributed by atoms with Crippen LogP contribution in [0.2, 0.25) is 0 Å². The maximum Gasteiger partial charge on any atom is 0.100 e. The Balaban J connectivity index is 1.76. The van der Waals surface area contributed by atoms with E-state index in [4.69, 9.17) is 0 Å². The molecule has 0 amide bonds. The molecule has 1 saturated heterocycles. The molecule has 3 rings (SSSR count). The molecular weight excluding hydrogens is 198 g/mol. The van der Waals surface area contributed by atoms with Crippen LogP contribution >= 0.6 is 0 Å². The third-order valence-corrected chi connectivity index (χ3v) is 4.11. The summed E-state index contributed by atoms with van der Waals surface area (Å²) in [6.07, 6.45) is 6.28. The minimum atomic E-state index is 0.546. The van der Waals surface area contributed by atoms with Crippen molar-refractivity contribution in [3.63, 3.8) is 0 Å². The van der Waals surface area contributed by atoms with E-state index < -0.39 is 0 Å². The summed E-state index contributed by atoms with van der Waals surface area (Å²) in [5.41, 5.74) is 1.65. The quantitative estimate of drug-likeness (QED) is 0.653. The lowest BCUT2D eigenvalue weighted by Crippen LogP contribution is -2.39. The van der Waals surface area contributed by atoms with Gasteiger partial charge in [0.2, 0.25) is 0 Å². The molecule has 1 fully saturated rings. The van der Waals surface area contributed by atoms with Crippen LogP contribution in [-0.4, -0.2) is 31.5 Å². The Bertz CT molecular complexity index is 332. The lowest BCUT2D eigenvalue weighted by Gasteiger charge is -2.30. The zero-order chi connectivity index (χ0) is 11.0. The maximum absolute atomic E-state index is 4.68. The van der Waals surface area contributed by atoms with Crippen LogP contribution in [0.15, 0.2) is 16.6 Å². The zero-order valence-corrected chi connectivity index (χ0v) is 10.00. The van der Waals surface area contributed by atoms with E-state index in [0.29, 0.717) is 17.9 Å². The summed E-state index contributed by atoms with van der Waals surface area (Å²) in [6, 6.07) is 0.546. The number of hydrogen-bond donors (Lipinski definition) is 2. The number of piperidine rings is 1.